The fraction of sp³-hybridized carbons (Fsp3) is 0.286. The molecule has 0 bridgehead atoms. The fourth-order valence-electron chi connectivity index (χ4n) is 0.563. The van der Waals surface area contributed by atoms with Crippen LogP contribution in [0, 0.1) is 13.3 Å². The molecule has 0 amide bonds. The van der Waals surface area contributed by atoms with Crippen LogP contribution < -0.4 is 5.43 Å². The third kappa shape index (κ3) is 5.09. The molecule has 7 heteroatoms. The number of ether oxygens (including phenoxy) is 1. The van der Waals surface area contributed by atoms with Crippen molar-refractivity contribution in [3.05, 3.63) is 24.7 Å². The quantitative estimate of drug-likeness (QED) is 0.698. The second-order valence-electron chi connectivity index (χ2n) is 2.18. The first-order chi connectivity index (χ1) is 6.18. The van der Waals surface area contributed by atoms with Gasteiger partial charge in [-0.25, -0.2) is 15.6 Å². The van der Waals surface area contributed by atoms with Crippen LogP contribution in [0.5, 0.6) is 0 Å². The van der Waals surface area contributed by atoms with Crippen molar-refractivity contribution in [1.29, 1.82) is 0 Å². The summed E-state index contributed by atoms with van der Waals surface area (Å²) in [6, 6.07) is 0. The average Bonchev–Trinajstić information content (AvgIpc) is 2.64. The van der Waals surface area contributed by atoms with Gasteiger partial charge in [0.1, 0.15) is 0 Å². The largest absolute Gasteiger partial charge is 0.613 e. The van der Waals surface area contributed by atoms with Crippen LogP contribution in [-0.4, -0.2) is 16.1 Å². The van der Waals surface area contributed by atoms with E-state index in [9.17, 15) is 0 Å². The second kappa shape index (κ2) is 6.67. The summed E-state index contributed by atoms with van der Waals surface area (Å²) in [6.07, 6.45) is 2.19. The molecule has 0 aliphatic carbocycles. The molecule has 0 atom stereocenters. The Morgan fingerprint density at radius 1 is 1.43 bits per heavy atom. The summed E-state index contributed by atoms with van der Waals surface area (Å²) in [5.74, 6) is 1.66. The van der Waals surface area contributed by atoms with Crippen LogP contribution in [0.1, 0.15) is 12.8 Å². The standard InChI is InChI=1S/C4H6N2O.C3H3N2O.Y/c1-3-5-6-4(2)7-3;1-3-5-4-2-6-3;/h5H,1H2,2H3;1H3;/q;-1;. The Labute approximate surface area is 107 Å². The third-order valence-corrected chi connectivity index (χ3v) is 1.03. The Morgan fingerprint density at radius 3 is 2.29 bits per heavy atom. The maximum Gasteiger partial charge on any atom is 0.211 e. The third-order valence-electron chi connectivity index (χ3n) is 1.03. The van der Waals surface area contributed by atoms with Crippen molar-refractivity contribution in [2.45, 2.75) is 13.8 Å². The molecule has 1 aliphatic heterocycles. The molecule has 73 valence electrons. The van der Waals surface area contributed by atoms with Crippen molar-refractivity contribution in [3.63, 3.8) is 0 Å². The van der Waals surface area contributed by atoms with Gasteiger partial charge in [-0.2, -0.15) is 0 Å². The average molecular weight is 270 g/mol. The molecule has 0 aromatic carbocycles. The number of aryl methyl sites for hydroxylation is 1. The number of hydrogen-bond acceptors (Lipinski definition) is 6. The minimum absolute atomic E-state index is 0. The van der Waals surface area contributed by atoms with Crippen LogP contribution in [0.2, 0.25) is 0 Å². The molecule has 2 rings (SSSR count). The summed E-state index contributed by atoms with van der Waals surface area (Å²) in [5.41, 5.74) is 2.54. The van der Waals surface area contributed by atoms with Gasteiger partial charge >= 0.3 is 0 Å². The molecule has 1 aliphatic rings. The molecule has 1 aromatic heterocycles. The Balaban J connectivity index is 0.000000227. The summed E-state index contributed by atoms with van der Waals surface area (Å²) in [7, 11) is 0. The number of nitrogens with one attached hydrogen (secondary N) is 1. The summed E-state index contributed by atoms with van der Waals surface area (Å²) >= 11 is 0. The van der Waals surface area contributed by atoms with Gasteiger partial charge < -0.3 is 9.15 Å². The number of aromatic nitrogens is 2. The van der Waals surface area contributed by atoms with Gasteiger partial charge in [-0.3, -0.25) is 0 Å². The predicted molar refractivity (Wildman–Crippen MR) is 44.3 cm³/mol. The van der Waals surface area contributed by atoms with Gasteiger partial charge in [0, 0.05) is 39.6 Å². The Kier molecular flexibility index (Phi) is 6.31. The van der Waals surface area contributed by atoms with E-state index in [1.165, 1.54) is 0 Å². The zero-order valence-corrected chi connectivity index (χ0v) is 10.8. The van der Waals surface area contributed by atoms with Crippen LogP contribution >= 0.6 is 0 Å². The van der Waals surface area contributed by atoms with Gasteiger partial charge in [-0.15, -0.1) is 5.10 Å². The summed E-state index contributed by atoms with van der Waals surface area (Å²) < 4.78 is 9.29. The molecule has 1 radical (unpaired) electrons. The molecule has 1 N–H and O–H groups in total. The molecule has 0 spiro atoms. The molecule has 0 fully saturated rings. The number of hydrazone groups is 1. The minimum Gasteiger partial charge on any atom is -0.613 e. The SMILES string of the molecule is C=C1NN=C(C)O1.Cc1nn[c-]o1.[Y]. The minimum atomic E-state index is 0. The van der Waals surface area contributed by atoms with Crippen molar-refractivity contribution < 1.29 is 41.9 Å². The van der Waals surface area contributed by atoms with Crippen molar-refractivity contribution in [2.75, 3.05) is 0 Å². The second-order valence-corrected chi connectivity index (χ2v) is 2.18. The fourth-order valence-corrected chi connectivity index (χ4v) is 0.563. The first-order valence-electron chi connectivity index (χ1n) is 3.51. The molecule has 2 heterocycles. The van der Waals surface area contributed by atoms with E-state index in [1.807, 2.05) is 0 Å². The van der Waals surface area contributed by atoms with E-state index < -0.39 is 0 Å². The molecule has 0 saturated heterocycles. The van der Waals surface area contributed by atoms with Gasteiger partial charge in [-0.1, -0.05) is 6.92 Å². The summed E-state index contributed by atoms with van der Waals surface area (Å²) in [6.45, 7) is 6.92. The molecular weight excluding hydrogens is 261 g/mol. The van der Waals surface area contributed by atoms with Crippen molar-refractivity contribution in [2.24, 2.45) is 5.10 Å². The van der Waals surface area contributed by atoms with Crippen LogP contribution in [0.25, 0.3) is 0 Å². The van der Waals surface area contributed by atoms with Crippen molar-refractivity contribution in [3.8, 4) is 0 Å². The molecule has 0 unspecified atom stereocenters. The molecular formula is C7H9N4O2Y-. The number of hydrogen-bond donors (Lipinski definition) is 1. The van der Waals surface area contributed by atoms with Gasteiger partial charge in [0.25, 0.3) is 0 Å². The van der Waals surface area contributed by atoms with Crippen molar-refractivity contribution >= 4 is 5.90 Å². The van der Waals surface area contributed by atoms with Gasteiger partial charge in [0.15, 0.2) is 0 Å². The summed E-state index contributed by atoms with van der Waals surface area (Å²) in [5, 5.41) is 10.4. The maximum atomic E-state index is 4.81. The van der Waals surface area contributed by atoms with Crippen LogP contribution in [0.3, 0.4) is 0 Å². The Hall–Kier alpha value is -0.746. The van der Waals surface area contributed by atoms with Gasteiger partial charge in [0.2, 0.25) is 11.8 Å². The zero-order valence-electron chi connectivity index (χ0n) is 7.94. The van der Waals surface area contributed by atoms with E-state index in [1.54, 1.807) is 13.8 Å². The zero-order chi connectivity index (χ0) is 9.68. The molecule has 1 aromatic rings. The Bertz CT molecular complexity index is 309. The first kappa shape index (κ1) is 13.3. The van der Waals surface area contributed by atoms with E-state index in [0.29, 0.717) is 17.7 Å². The number of rotatable bonds is 0. The molecule has 0 saturated carbocycles. The van der Waals surface area contributed by atoms with Gasteiger partial charge in [0.05, 0.1) is 12.3 Å². The smallest absolute Gasteiger partial charge is 0.211 e. The van der Waals surface area contributed by atoms with Crippen LogP contribution in [0.4, 0.5) is 0 Å². The monoisotopic (exact) mass is 270 g/mol. The van der Waals surface area contributed by atoms with E-state index >= 15 is 0 Å². The molecule has 14 heavy (non-hydrogen) atoms. The van der Waals surface area contributed by atoms with E-state index in [-0.39, 0.29) is 32.7 Å². The first-order valence-corrected chi connectivity index (χ1v) is 3.51. The van der Waals surface area contributed by atoms with Crippen LogP contribution in [0.15, 0.2) is 22.0 Å². The number of nitrogens with zero attached hydrogens (tertiary/aromatic N) is 3. The summed E-state index contributed by atoms with van der Waals surface area (Å²) in [4.78, 5) is 0. The van der Waals surface area contributed by atoms with Crippen molar-refractivity contribution in [1.82, 2.24) is 15.6 Å². The van der Waals surface area contributed by atoms with E-state index in [2.05, 4.69) is 38.1 Å². The van der Waals surface area contributed by atoms with Gasteiger partial charge in [-0.05, 0) is 6.58 Å². The van der Waals surface area contributed by atoms with E-state index in [0.717, 1.165) is 0 Å². The predicted octanol–water partition coefficient (Wildman–Crippen LogP) is 0.587. The normalized spacial score (nSPS) is 12.7. The van der Waals surface area contributed by atoms with Crippen LogP contribution in [-0.2, 0) is 37.4 Å². The van der Waals surface area contributed by atoms with E-state index in [4.69, 9.17) is 4.74 Å². The maximum absolute atomic E-state index is 4.81. The Morgan fingerprint density at radius 2 is 2.14 bits per heavy atom. The molecule has 6 nitrogen and oxygen atoms in total. The topological polar surface area (TPSA) is 72.5 Å².